The van der Waals surface area contributed by atoms with Gasteiger partial charge in [0.05, 0.1) is 23.2 Å². The van der Waals surface area contributed by atoms with Gasteiger partial charge in [-0.2, -0.15) is 0 Å². The molecule has 5 heteroatoms. The summed E-state index contributed by atoms with van der Waals surface area (Å²) in [7, 11) is 0. The van der Waals surface area contributed by atoms with E-state index in [9.17, 15) is 4.79 Å². The summed E-state index contributed by atoms with van der Waals surface area (Å²) in [5.41, 5.74) is 6.34. The summed E-state index contributed by atoms with van der Waals surface area (Å²) in [5, 5.41) is 2.91. The van der Waals surface area contributed by atoms with Crippen LogP contribution in [0.4, 0.5) is 5.69 Å². The third-order valence-electron chi connectivity index (χ3n) is 2.52. The Morgan fingerprint density at radius 2 is 2.29 bits per heavy atom. The number of amides is 1. The predicted octanol–water partition coefficient (Wildman–Crippen LogP) is 2.08. The van der Waals surface area contributed by atoms with Crippen LogP contribution in [0.1, 0.15) is 19.3 Å². The first-order chi connectivity index (χ1) is 8.16. The molecular weight excluding hydrogens is 284 g/mol. The lowest BCUT2D eigenvalue weighted by atomic mass is 10.3. The Morgan fingerprint density at radius 3 is 2.94 bits per heavy atom. The van der Waals surface area contributed by atoms with E-state index >= 15 is 0 Å². The molecule has 0 spiro atoms. The Hall–Kier alpha value is -1.23. The van der Waals surface area contributed by atoms with Gasteiger partial charge in [-0.25, -0.2) is 0 Å². The Balaban J connectivity index is 1.79. The van der Waals surface area contributed by atoms with Crippen LogP contribution in [0.2, 0.25) is 0 Å². The molecule has 92 valence electrons. The number of hydrogen-bond acceptors (Lipinski definition) is 3. The molecule has 1 saturated carbocycles. The lowest BCUT2D eigenvalue weighted by Crippen LogP contribution is -2.26. The topological polar surface area (TPSA) is 64.3 Å². The number of anilines is 1. The smallest absolute Gasteiger partial charge is 0.223 e. The van der Waals surface area contributed by atoms with Crippen molar-refractivity contribution in [2.75, 3.05) is 12.3 Å². The Morgan fingerprint density at radius 1 is 1.53 bits per heavy atom. The van der Waals surface area contributed by atoms with E-state index in [2.05, 4.69) is 21.2 Å². The van der Waals surface area contributed by atoms with Crippen LogP contribution in [0.3, 0.4) is 0 Å². The standard InChI is InChI=1S/C12H15BrN2O2/c13-9-2-1-3-10(14)12(9)17-7-6-11(16)15-8-4-5-8/h1-3,8H,4-7,14H2,(H,15,16). The average Bonchev–Trinajstić information content (AvgIpc) is 3.06. The van der Waals surface area contributed by atoms with E-state index < -0.39 is 0 Å². The monoisotopic (exact) mass is 298 g/mol. The lowest BCUT2D eigenvalue weighted by Gasteiger charge is -2.10. The third kappa shape index (κ3) is 3.63. The van der Waals surface area contributed by atoms with E-state index in [0.29, 0.717) is 30.5 Å². The third-order valence-corrected chi connectivity index (χ3v) is 3.14. The molecule has 0 aliphatic heterocycles. The van der Waals surface area contributed by atoms with Crippen molar-refractivity contribution in [2.45, 2.75) is 25.3 Å². The van der Waals surface area contributed by atoms with Gasteiger partial charge in [0.15, 0.2) is 5.75 Å². The van der Waals surface area contributed by atoms with Gasteiger partial charge in [0, 0.05) is 6.04 Å². The van der Waals surface area contributed by atoms with Gasteiger partial charge in [0.25, 0.3) is 0 Å². The lowest BCUT2D eigenvalue weighted by molar-refractivity contribution is -0.121. The van der Waals surface area contributed by atoms with E-state index in [0.717, 1.165) is 17.3 Å². The van der Waals surface area contributed by atoms with E-state index in [-0.39, 0.29) is 5.91 Å². The fraction of sp³-hybridized carbons (Fsp3) is 0.417. The second-order valence-corrected chi connectivity index (χ2v) is 4.95. The van der Waals surface area contributed by atoms with E-state index in [4.69, 9.17) is 10.5 Å². The second-order valence-electron chi connectivity index (χ2n) is 4.10. The maximum Gasteiger partial charge on any atom is 0.223 e. The van der Waals surface area contributed by atoms with Gasteiger partial charge < -0.3 is 15.8 Å². The molecule has 0 bridgehead atoms. The highest BCUT2D eigenvalue weighted by atomic mass is 79.9. The Labute approximate surface area is 109 Å². The number of hydrogen-bond donors (Lipinski definition) is 2. The molecular formula is C12H15BrN2O2. The normalized spacial score (nSPS) is 14.4. The number of nitrogens with one attached hydrogen (secondary N) is 1. The summed E-state index contributed by atoms with van der Waals surface area (Å²) in [5.74, 6) is 0.643. The zero-order chi connectivity index (χ0) is 12.3. The number of nitrogen functional groups attached to an aromatic ring is 1. The maximum absolute atomic E-state index is 11.4. The highest BCUT2D eigenvalue weighted by molar-refractivity contribution is 9.10. The molecule has 0 radical (unpaired) electrons. The summed E-state index contributed by atoms with van der Waals surface area (Å²) in [6.45, 7) is 0.339. The van der Waals surface area contributed by atoms with Gasteiger partial charge in [0.1, 0.15) is 0 Å². The SMILES string of the molecule is Nc1cccc(Br)c1OCCC(=O)NC1CC1. The van der Waals surface area contributed by atoms with Crippen LogP contribution in [0.5, 0.6) is 5.75 Å². The summed E-state index contributed by atoms with van der Waals surface area (Å²) < 4.78 is 6.31. The number of benzene rings is 1. The highest BCUT2D eigenvalue weighted by Crippen LogP contribution is 2.30. The summed E-state index contributed by atoms with van der Waals surface area (Å²) in [6, 6.07) is 5.86. The summed E-state index contributed by atoms with van der Waals surface area (Å²) in [6.07, 6.45) is 2.56. The molecule has 17 heavy (non-hydrogen) atoms. The van der Waals surface area contributed by atoms with Crippen molar-refractivity contribution in [1.82, 2.24) is 5.32 Å². The molecule has 0 unspecified atom stereocenters. The van der Waals surface area contributed by atoms with Crippen molar-refractivity contribution >= 4 is 27.5 Å². The van der Waals surface area contributed by atoms with Gasteiger partial charge in [-0.3, -0.25) is 4.79 Å². The molecule has 1 aliphatic carbocycles. The van der Waals surface area contributed by atoms with Crippen LogP contribution < -0.4 is 15.8 Å². The predicted molar refractivity (Wildman–Crippen MR) is 69.8 cm³/mol. The first-order valence-electron chi connectivity index (χ1n) is 5.63. The number of ether oxygens (including phenoxy) is 1. The average molecular weight is 299 g/mol. The molecule has 1 fully saturated rings. The Kier molecular flexibility index (Phi) is 3.89. The molecule has 0 saturated heterocycles. The van der Waals surface area contributed by atoms with Gasteiger partial charge in [-0.15, -0.1) is 0 Å². The molecule has 4 nitrogen and oxygen atoms in total. The fourth-order valence-electron chi connectivity index (χ4n) is 1.45. The van der Waals surface area contributed by atoms with Crippen LogP contribution in [0.25, 0.3) is 0 Å². The second kappa shape index (κ2) is 5.40. The quantitative estimate of drug-likeness (QED) is 0.818. The van der Waals surface area contributed by atoms with Crippen molar-refractivity contribution in [3.05, 3.63) is 22.7 Å². The van der Waals surface area contributed by atoms with E-state index in [1.807, 2.05) is 12.1 Å². The van der Waals surface area contributed by atoms with Crippen molar-refractivity contribution in [2.24, 2.45) is 0 Å². The Bertz CT molecular complexity index is 399. The highest BCUT2D eigenvalue weighted by Gasteiger charge is 2.22. The number of para-hydroxylation sites is 1. The van der Waals surface area contributed by atoms with Crippen LogP contribution >= 0.6 is 15.9 Å². The van der Waals surface area contributed by atoms with Crippen LogP contribution in [-0.4, -0.2) is 18.6 Å². The van der Waals surface area contributed by atoms with Crippen molar-refractivity contribution in [3.63, 3.8) is 0 Å². The molecule has 0 aromatic heterocycles. The number of carbonyl (C=O) groups is 1. The molecule has 1 aromatic rings. The first-order valence-corrected chi connectivity index (χ1v) is 6.42. The van der Waals surface area contributed by atoms with Gasteiger partial charge in [-0.1, -0.05) is 6.07 Å². The van der Waals surface area contributed by atoms with Crippen LogP contribution in [0.15, 0.2) is 22.7 Å². The summed E-state index contributed by atoms with van der Waals surface area (Å²) >= 11 is 3.36. The number of halogens is 1. The molecule has 1 aromatic carbocycles. The number of nitrogens with two attached hydrogens (primary N) is 1. The maximum atomic E-state index is 11.4. The number of carbonyl (C=O) groups excluding carboxylic acids is 1. The first kappa shape index (κ1) is 12.2. The minimum absolute atomic E-state index is 0.0399. The molecule has 3 N–H and O–H groups in total. The zero-order valence-electron chi connectivity index (χ0n) is 9.41. The van der Waals surface area contributed by atoms with Gasteiger partial charge in [-0.05, 0) is 40.9 Å². The molecule has 0 atom stereocenters. The minimum atomic E-state index is 0.0399. The minimum Gasteiger partial charge on any atom is -0.490 e. The van der Waals surface area contributed by atoms with Crippen molar-refractivity contribution in [1.29, 1.82) is 0 Å². The van der Waals surface area contributed by atoms with Crippen molar-refractivity contribution in [3.8, 4) is 5.75 Å². The van der Waals surface area contributed by atoms with Gasteiger partial charge >= 0.3 is 0 Å². The molecule has 2 rings (SSSR count). The molecule has 1 aliphatic rings. The van der Waals surface area contributed by atoms with Crippen LogP contribution in [0, 0.1) is 0 Å². The van der Waals surface area contributed by atoms with E-state index in [1.165, 1.54) is 0 Å². The van der Waals surface area contributed by atoms with E-state index in [1.54, 1.807) is 6.07 Å². The van der Waals surface area contributed by atoms with Gasteiger partial charge in [0.2, 0.25) is 5.91 Å². The molecule has 1 amide bonds. The zero-order valence-corrected chi connectivity index (χ0v) is 11.0. The number of rotatable bonds is 5. The molecule has 0 heterocycles. The largest absolute Gasteiger partial charge is 0.490 e. The van der Waals surface area contributed by atoms with Crippen LogP contribution in [-0.2, 0) is 4.79 Å². The fourth-order valence-corrected chi connectivity index (χ4v) is 1.95. The summed E-state index contributed by atoms with van der Waals surface area (Å²) in [4.78, 5) is 11.4. The van der Waals surface area contributed by atoms with Crippen molar-refractivity contribution < 1.29 is 9.53 Å².